The summed E-state index contributed by atoms with van der Waals surface area (Å²) in [5.74, 6) is 1.32. The average molecular weight is 420 g/mol. The van der Waals surface area contributed by atoms with E-state index in [1.165, 1.54) is 0 Å². The van der Waals surface area contributed by atoms with Crippen LogP contribution in [0.4, 0.5) is 0 Å². The van der Waals surface area contributed by atoms with E-state index in [2.05, 4.69) is 31.7 Å². The van der Waals surface area contributed by atoms with Gasteiger partial charge in [-0.05, 0) is 55.2 Å². The fraction of sp³-hybridized carbons (Fsp3) is 0.696. The lowest BCUT2D eigenvalue weighted by molar-refractivity contribution is -0.757. The Morgan fingerprint density at radius 3 is 2.77 bits per heavy atom. The maximum absolute atomic E-state index is 12.5. The fourth-order valence-electron chi connectivity index (χ4n) is 4.56. The number of hydrogen-bond acceptors (Lipinski definition) is 6. The molecule has 0 bridgehead atoms. The molecule has 0 aromatic heterocycles. The maximum atomic E-state index is 12.5. The highest BCUT2D eigenvalue weighted by Crippen LogP contribution is 2.51. The van der Waals surface area contributed by atoms with Gasteiger partial charge in [-0.15, -0.1) is 10.1 Å². The van der Waals surface area contributed by atoms with Crippen LogP contribution in [0.3, 0.4) is 0 Å². The molecule has 1 heterocycles. The third-order valence-corrected chi connectivity index (χ3v) is 6.34. The molecule has 0 radical (unpaired) electrons. The lowest BCUT2D eigenvalue weighted by Gasteiger charge is -2.27. The second kappa shape index (κ2) is 9.67. The van der Waals surface area contributed by atoms with Gasteiger partial charge >= 0.3 is 5.97 Å². The minimum atomic E-state index is -0.847. The molecule has 0 N–H and O–H groups in total. The van der Waals surface area contributed by atoms with Crippen LogP contribution >= 0.6 is 0 Å². The van der Waals surface area contributed by atoms with Crippen molar-refractivity contribution >= 4 is 5.97 Å². The second-order valence-corrected chi connectivity index (χ2v) is 9.06. The standard InChI is InChI=1S/C23H33NO6/c1-4-5-12-23(2,3)16-14-19-22(17-9-6-7-10-18(17)29-19)20(15-16)30-21(25)11-8-13-28-24(26)27/h14-15,17-18H,4-13H2,1-3H3. The van der Waals surface area contributed by atoms with E-state index in [9.17, 15) is 14.9 Å². The Morgan fingerprint density at radius 2 is 2.03 bits per heavy atom. The van der Waals surface area contributed by atoms with Gasteiger partial charge in [0.2, 0.25) is 0 Å². The van der Waals surface area contributed by atoms with Crippen LogP contribution in [-0.4, -0.2) is 23.8 Å². The number of carbonyl (C=O) groups is 1. The Labute approximate surface area is 178 Å². The van der Waals surface area contributed by atoms with Gasteiger partial charge in [0.1, 0.15) is 17.6 Å². The molecule has 2 atom stereocenters. The highest BCUT2D eigenvalue weighted by Gasteiger charge is 2.40. The molecule has 166 valence electrons. The summed E-state index contributed by atoms with van der Waals surface area (Å²) in [5.41, 5.74) is 2.08. The third kappa shape index (κ3) is 5.24. The normalized spacial score (nSPS) is 20.1. The smallest absolute Gasteiger partial charge is 0.311 e. The quantitative estimate of drug-likeness (QED) is 0.164. The summed E-state index contributed by atoms with van der Waals surface area (Å²) in [6, 6.07) is 4.16. The van der Waals surface area contributed by atoms with Gasteiger partial charge in [0.15, 0.2) is 0 Å². The van der Waals surface area contributed by atoms with Crippen molar-refractivity contribution < 1.29 is 24.2 Å². The Hall–Kier alpha value is -2.31. The Morgan fingerprint density at radius 1 is 1.27 bits per heavy atom. The van der Waals surface area contributed by atoms with E-state index in [-0.39, 0.29) is 36.9 Å². The summed E-state index contributed by atoms with van der Waals surface area (Å²) in [7, 11) is 0. The Balaban J connectivity index is 1.82. The predicted molar refractivity (Wildman–Crippen MR) is 112 cm³/mol. The number of fused-ring (bicyclic) bond motifs is 3. The number of hydrogen-bond donors (Lipinski definition) is 0. The van der Waals surface area contributed by atoms with Crippen LogP contribution in [0.25, 0.3) is 0 Å². The van der Waals surface area contributed by atoms with Gasteiger partial charge in [-0.25, -0.2) is 0 Å². The average Bonchev–Trinajstić information content (AvgIpc) is 3.08. The first-order chi connectivity index (χ1) is 14.3. The highest BCUT2D eigenvalue weighted by molar-refractivity contribution is 5.74. The number of carbonyl (C=O) groups excluding carboxylic acids is 1. The number of ether oxygens (including phenoxy) is 2. The number of unbranched alkanes of at least 4 members (excludes halogenated alkanes) is 1. The van der Waals surface area contributed by atoms with Crippen molar-refractivity contribution in [2.24, 2.45) is 0 Å². The van der Waals surface area contributed by atoms with E-state index in [0.29, 0.717) is 5.75 Å². The summed E-state index contributed by atoms with van der Waals surface area (Å²) in [5, 5.41) is 9.41. The third-order valence-electron chi connectivity index (χ3n) is 6.34. The molecule has 7 nitrogen and oxygen atoms in total. The van der Waals surface area contributed by atoms with Crippen LogP contribution < -0.4 is 9.47 Å². The number of benzene rings is 1. The predicted octanol–water partition coefficient (Wildman–Crippen LogP) is 5.47. The molecule has 1 aromatic carbocycles. The van der Waals surface area contributed by atoms with E-state index < -0.39 is 11.1 Å². The molecule has 1 aliphatic carbocycles. The zero-order valence-corrected chi connectivity index (χ0v) is 18.3. The minimum Gasteiger partial charge on any atom is -0.489 e. The molecule has 2 unspecified atom stereocenters. The highest BCUT2D eigenvalue weighted by atomic mass is 16.9. The lowest BCUT2D eigenvalue weighted by atomic mass is 9.78. The molecule has 7 heteroatoms. The van der Waals surface area contributed by atoms with Gasteiger partial charge in [0.25, 0.3) is 5.09 Å². The van der Waals surface area contributed by atoms with E-state index in [4.69, 9.17) is 9.47 Å². The summed E-state index contributed by atoms with van der Waals surface area (Å²) >= 11 is 0. The van der Waals surface area contributed by atoms with Gasteiger partial charge in [0, 0.05) is 17.9 Å². The molecule has 2 aliphatic rings. The SMILES string of the molecule is CCCCC(C)(C)c1cc(OC(=O)CCCO[N+](=O)[O-])c2c(c1)OC1CCCCC21. The molecule has 3 rings (SSSR count). The maximum Gasteiger partial charge on any atom is 0.311 e. The molecule has 0 saturated heterocycles. The van der Waals surface area contributed by atoms with Crippen LogP contribution in [0.2, 0.25) is 0 Å². The minimum absolute atomic E-state index is 0.0527. The first kappa shape index (κ1) is 22.4. The van der Waals surface area contributed by atoms with Gasteiger partial charge < -0.3 is 14.3 Å². The van der Waals surface area contributed by atoms with Crippen molar-refractivity contribution in [3.63, 3.8) is 0 Å². The van der Waals surface area contributed by atoms with Gasteiger partial charge in [-0.2, -0.15) is 0 Å². The zero-order chi connectivity index (χ0) is 21.7. The second-order valence-electron chi connectivity index (χ2n) is 9.06. The Kier molecular flexibility index (Phi) is 7.21. The van der Waals surface area contributed by atoms with Crippen molar-refractivity contribution in [2.45, 2.75) is 96.0 Å². The van der Waals surface area contributed by atoms with Crippen molar-refractivity contribution in [1.29, 1.82) is 0 Å². The van der Waals surface area contributed by atoms with Crippen LogP contribution in [0, 0.1) is 10.1 Å². The molecule has 1 aliphatic heterocycles. The van der Waals surface area contributed by atoms with Crippen LogP contribution in [0.1, 0.15) is 95.6 Å². The van der Waals surface area contributed by atoms with E-state index in [1.807, 2.05) is 6.07 Å². The molecule has 1 aromatic rings. The molecular weight excluding hydrogens is 386 g/mol. The monoisotopic (exact) mass is 419 g/mol. The van der Waals surface area contributed by atoms with Crippen LogP contribution in [-0.2, 0) is 15.0 Å². The molecular formula is C23H33NO6. The largest absolute Gasteiger partial charge is 0.489 e. The van der Waals surface area contributed by atoms with Crippen molar-refractivity contribution in [1.82, 2.24) is 0 Å². The van der Waals surface area contributed by atoms with Crippen molar-refractivity contribution in [2.75, 3.05) is 6.61 Å². The molecule has 0 amide bonds. The van der Waals surface area contributed by atoms with E-state index in [1.54, 1.807) is 0 Å². The summed E-state index contributed by atoms with van der Waals surface area (Å²) < 4.78 is 12.1. The molecule has 1 fully saturated rings. The van der Waals surface area contributed by atoms with Gasteiger partial charge in [0.05, 0.1) is 6.61 Å². The van der Waals surface area contributed by atoms with Gasteiger partial charge in [-0.3, -0.25) is 4.79 Å². The fourth-order valence-corrected chi connectivity index (χ4v) is 4.56. The van der Waals surface area contributed by atoms with Crippen LogP contribution in [0.5, 0.6) is 11.5 Å². The van der Waals surface area contributed by atoms with E-state index >= 15 is 0 Å². The number of rotatable bonds is 10. The Bertz CT molecular complexity index is 775. The summed E-state index contributed by atoms with van der Waals surface area (Å²) in [6.45, 7) is 6.50. The first-order valence-corrected chi connectivity index (χ1v) is 11.1. The number of esters is 1. The molecule has 1 saturated carbocycles. The molecule has 0 spiro atoms. The lowest BCUT2D eigenvalue weighted by Crippen LogP contribution is -2.22. The topological polar surface area (TPSA) is 87.9 Å². The summed E-state index contributed by atoms with van der Waals surface area (Å²) in [4.78, 5) is 27.0. The van der Waals surface area contributed by atoms with Crippen molar-refractivity contribution in [3.8, 4) is 11.5 Å². The number of nitrogens with zero attached hydrogens (tertiary/aromatic N) is 1. The van der Waals surface area contributed by atoms with E-state index in [0.717, 1.165) is 61.8 Å². The zero-order valence-electron chi connectivity index (χ0n) is 18.3. The van der Waals surface area contributed by atoms with Gasteiger partial charge in [-0.1, -0.05) is 40.0 Å². The molecule has 30 heavy (non-hydrogen) atoms. The van der Waals surface area contributed by atoms with Crippen molar-refractivity contribution in [3.05, 3.63) is 33.4 Å². The first-order valence-electron chi connectivity index (χ1n) is 11.1. The summed E-state index contributed by atoms with van der Waals surface area (Å²) in [6.07, 6.45) is 8.15. The van der Waals surface area contributed by atoms with Crippen LogP contribution in [0.15, 0.2) is 12.1 Å².